The van der Waals surface area contributed by atoms with Crippen LogP contribution in [0.25, 0.3) is 0 Å². The summed E-state index contributed by atoms with van der Waals surface area (Å²) in [5, 5.41) is 20.4. The van der Waals surface area contributed by atoms with Crippen molar-refractivity contribution in [2.24, 2.45) is 0 Å². The van der Waals surface area contributed by atoms with Crippen molar-refractivity contribution in [2.75, 3.05) is 25.0 Å². The fourth-order valence-electron chi connectivity index (χ4n) is 3.98. The molecule has 2 amide bonds. The van der Waals surface area contributed by atoms with Gasteiger partial charge in [-0.25, -0.2) is 0 Å². The molecular formula is C23H22F3N5O4S. The van der Waals surface area contributed by atoms with Crippen LogP contribution in [0.5, 0.6) is 5.75 Å². The van der Waals surface area contributed by atoms with E-state index in [0.29, 0.717) is 30.5 Å². The van der Waals surface area contributed by atoms with E-state index in [4.69, 9.17) is 15.6 Å². The summed E-state index contributed by atoms with van der Waals surface area (Å²) in [7, 11) is 0. The van der Waals surface area contributed by atoms with E-state index in [1.165, 1.54) is 0 Å². The normalized spacial score (nSPS) is 19.1. The first-order chi connectivity index (χ1) is 17.1. The number of amidine groups is 1. The van der Waals surface area contributed by atoms with Crippen LogP contribution in [0.2, 0.25) is 0 Å². The number of rotatable bonds is 6. The predicted molar refractivity (Wildman–Crippen MR) is 128 cm³/mol. The van der Waals surface area contributed by atoms with E-state index in [0.717, 1.165) is 24.6 Å². The molecule has 13 heteroatoms. The third kappa shape index (κ3) is 6.62. The largest absolute Gasteiger partial charge is 0.573 e. The summed E-state index contributed by atoms with van der Waals surface area (Å²) >= 11 is 0.701. The molecule has 4 rings (SSSR count). The van der Waals surface area contributed by atoms with E-state index < -0.39 is 23.9 Å². The van der Waals surface area contributed by atoms with Gasteiger partial charge in [0.25, 0.3) is 5.91 Å². The molecule has 2 aliphatic heterocycles. The zero-order valence-corrected chi connectivity index (χ0v) is 19.5. The third-order valence-corrected chi connectivity index (χ3v) is 6.32. The number of ether oxygens (including phenoxy) is 2. The van der Waals surface area contributed by atoms with Crippen molar-refractivity contribution in [3.63, 3.8) is 0 Å². The van der Waals surface area contributed by atoms with Crippen LogP contribution < -0.4 is 15.4 Å². The van der Waals surface area contributed by atoms with Crippen LogP contribution in [0.3, 0.4) is 0 Å². The number of benzene rings is 2. The molecule has 0 aromatic heterocycles. The Kier molecular flexibility index (Phi) is 7.62. The minimum atomic E-state index is -5.01. The Morgan fingerprint density at radius 1 is 1.14 bits per heavy atom. The number of nitrogens with one attached hydrogen (secondary N) is 4. The first-order valence-corrected chi connectivity index (χ1v) is 11.7. The van der Waals surface area contributed by atoms with Gasteiger partial charge in [0.1, 0.15) is 5.04 Å². The lowest BCUT2D eigenvalue weighted by molar-refractivity contribution is -0.274. The molecule has 2 aliphatic rings. The van der Waals surface area contributed by atoms with Crippen molar-refractivity contribution in [1.82, 2.24) is 10.2 Å². The van der Waals surface area contributed by atoms with E-state index in [1.807, 2.05) is 4.90 Å². The summed E-state index contributed by atoms with van der Waals surface area (Å²) in [6, 6.07) is 11.7. The molecule has 0 spiro atoms. The molecule has 2 saturated heterocycles. The number of hydrogen-bond donors (Lipinski definition) is 4. The number of nitrogens with zero attached hydrogens (tertiary/aromatic N) is 1. The maximum absolute atomic E-state index is 12.9. The van der Waals surface area contributed by atoms with Crippen LogP contribution in [0.1, 0.15) is 22.3 Å². The molecular weight excluding hydrogens is 499 g/mol. The van der Waals surface area contributed by atoms with E-state index in [-0.39, 0.29) is 40.2 Å². The monoisotopic (exact) mass is 521 g/mol. The number of alkyl halides is 3. The molecule has 9 nitrogen and oxygen atoms in total. The maximum Gasteiger partial charge on any atom is 0.573 e. The maximum atomic E-state index is 12.9. The van der Waals surface area contributed by atoms with Crippen molar-refractivity contribution in [3.8, 4) is 5.75 Å². The van der Waals surface area contributed by atoms with Gasteiger partial charge in [0, 0.05) is 23.7 Å². The number of carbonyl (C=O) groups is 2. The zero-order valence-electron chi connectivity index (χ0n) is 18.7. The van der Waals surface area contributed by atoms with Crippen molar-refractivity contribution in [2.45, 2.75) is 24.9 Å². The highest BCUT2D eigenvalue weighted by atomic mass is 32.2. The first kappa shape index (κ1) is 25.7. The Bertz CT molecular complexity index is 1180. The molecule has 2 aromatic carbocycles. The van der Waals surface area contributed by atoms with Gasteiger partial charge in [-0.15, -0.1) is 13.2 Å². The zero-order chi connectivity index (χ0) is 25.9. The summed E-state index contributed by atoms with van der Waals surface area (Å²) in [5.74, 6) is -2.03. The van der Waals surface area contributed by atoms with Crippen LogP contribution in [0.15, 0.2) is 48.5 Å². The van der Waals surface area contributed by atoms with Gasteiger partial charge in [0.2, 0.25) is 5.91 Å². The molecule has 0 radical (unpaired) electrons. The quantitative estimate of drug-likeness (QED) is 0.341. The minimum Gasteiger partial charge on any atom is -0.404 e. The van der Waals surface area contributed by atoms with Gasteiger partial charge in [-0.1, -0.05) is 30.3 Å². The molecule has 4 N–H and O–H groups in total. The van der Waals surface area contributed by atoms with Crippen molar-refractivity contribution in [3.05, 3.63) is 59.7 Å². The molecule has 2 bridgehead atoms. The molecule has 2 atom stereocenters. The van der Waals surface area contributed by atoms with Crippen LogP contribution in [-0.2, 0) is 9.53 Å². The molecule has 36 heavy (non-hydrogen) atoms. The van der Waals surface area contributed by atoms with Gasteiger partial charge in [0.15, 0.2) is 10.9 Å². The number of hydrogen-bond acceptors (Lipinski definition) is 8. The van der Waals surface area contributed by atoms with Gasteiger partial charge in [-0.05, 0) is 36.4 Å². The molecule has 2 unspecified atom stereocenters. The lowest BCUT2D eigenvalue weighted by atomic mass is 10.1. The van der Waals surface area contributed by atoms with Gasteiger partial charge in [-0.2, -0.15) is 0 Å². The molecule has 2 fully saturated rings. The lowest BCUT2D eigenvalue weighted by Crippen LogP contribution is -2.41. The first-order valence-electron chi connectivity index (χ1n) is 10.8. The van der Waals surface area contributed by atoms with E-state index >= 15 is 0 Å². The molecule has 0 saturated carbocycles. The average Bonchev–Trinajstić information content (AvgIpc) is 3.43. The highest BCUT2D eigenvalue weighted by Gasteiger charge is 2.39. The average molecular weight is 522 g/mol. The number of likely N-dealkylation sites (tertiary alicyclic amines) is 1. The summed E-state index contributed by atoms with van der Waals surface area (Å²) in [6.07, 6.45) is -4.15. The molecule has 190 valence electrons. The Morgan fingerprint density at radius 3 is 2.53 bits per heavy atom. The Balaban J connectivity index is 1.43. The number of morpholine rings is 1. The van der Waals surface area contributed by atoms with E-state index in [2.05, 4.69) is 15.4 Å². The summed E-state index contributed by atoms with van der Waals surface area (Å²) in [4.78, 5) is 27.1. The lowest BCUT2D eigenvalue weighted by Gasteiger charge is -2.26. The van der Waals surface area contributed by atoms with Crippen LogP contribution in [0, 0.1) is 10.8 Å². The molecule has 2 aromatic rings. The Labute approximate surface area is 208 Å². The number of halogens is 3. The van der Waals surface area contributed by atoms with Gasteiger partial charge >= 0.3 is 6.36 Å². The second-order valence-electron chi connectivity index (χ2n) is 8.16. The SMILES string of the molecule is N=C(NC(=O)c1ccc(OC(F)(F)F)c(NC(=O)CN2CC3CC2CO3)c1)SC(=N)c1ccccc1. The second kappa shape index (κ2) is 10.7. The summed E-state index contributed by atoms with van der Waals surface area (Å²) < 4.78 is 48.2. The van der Waals surface area contributed by atoms with Gasteiger partial charge in [-0.3, -0.25) is 25.3 Å². The van der Waals surface area contributed by atoms with Crippen molar-refractivity contribution < 1.29 is 32.2 Å². The van der Waals surface area contributed by atoms with E-state index in [9.17, 15) is 22.8 Å². The van der Waals surface area contributed by atoms with Crippen molar-refractivity contribution in [1.29, 1.82) is 10.8 Å². The third-order valence-electron chi connectivity index (χ3n) is 5.57. The molecule has 0 aliphatic carbocycles. The number of amides is 2. The van der Waals surface area contributed by atoms with Crippen LogP contribution in [0.4, 0.5) is 18.9 Å². The number of carbonyl (C=O) groups excluding carboxylic acids is 2. The van der Waals surface area contributed by atoms with Crippen LogP contribution >= 0.6 is 11.8 Å². The van der Waals surface area contributed by atoms with E-state index in [1.54, 1.807) is 30.3 Å². The fraction of sp³-hybridized carbons (Fsp3) is 0.304. The Morgan fingerprint density at radius 2 is 1.89 bits per heavy atom. The van der Waals surface area contributed by atoms with Gasteiger partial charge < -0.3 is 20.1 Å². The number of thioether (sulfide) groups is 1. The smallest absolute Gasteiger partial charge is 0.404 e. The second-order valence-corrected chi connectivity index (χ2v) is 9.18. The highest BCUT2D eigenvalue weighted by Crippen LogP contribution is 2.32. The van der Waals surface area contributed by atoms with Crippen LogP contribution in [-0.4, -0.2) is 65.1 Å². The highest BCUT2D eigenvalue weighted by molar-refractivity contribution is 8.26. The number of anilines is 1. The molecule has 2 heterocycles. The van der Waals surface area contributed by atoms with Gasteiger partial charge in [0.05, 0.1) is 24.9 Å². The summed E-state index contributed by atoms with van der Waals surface area (Å²) in [5.41, 5.74) is 0.116. The minimum absolute atomic E-state index is 0.0313. The van der Waals surface area contributed by atoms with Crippen molar-refractivity contribution >= 4 is 39.5 Å². The fourth-order valence-corrected chi connectivity index (χ4v) is 4.58. The standard InChI is InChI=1S/C23H22F3N5O4S/c24-23(25,26)35-18-7-6-14(21(33)30-22(28)36-20(27)13-4-2-1-3-5-13)8-17(18)29-19(32)11-31-10-16-9-15(31)12-34-16/h1-8,15-16,27H,9-12H2,(H,29,32)(H2,28,30,33). The number of fused-ring (bicyclic) bond motifs is 2. The predicted octanol–water partition coefficient (Wildman–Crippen LogP) is 3.42. The Hall–Kier alpha value is -3.42. The summed E-state index contributed by atoms with van der Waals surface area (Å²) in [6.45, 7) is 1.02. The topological polar surface area (TPSA) is 128 Å².